The highest BCUT2D eigenvalue weighted by molar-refractivity contribution is 7.97. The maximum Gasteiger partial charge on any atom is 0.236 e. The van der Waals surface area contributed by atoms with Crippen LogP contribution in [0.2, 0.25) is 0 Å². The van der Waals surface area contributed by atoms with Crippen molar-refractivity contribution >= 4 is 21.6 Å². The van der Waals surface area contributed by atoms with E-state index in [9.17, 15) is 8.42 Å². The van der Waals surface area contributed by atoms with E-state index >= 15 is 0 Å². The Bertz CT molecular complexity index is 724. The molecule has 0 radical (unpaired) electrons. The maximum atomic E-state index is 11.2. The van der Waals surface area contributed by atoms with Crippen LogP contribution in [-0.2, 0) is 27.1 Å². The van der Waals surface area contributed by atoms with E-state index in [1.165, 1.54) is 16.7 Å². The minimum atomic E-state index is -3.13. The topological polar surface area (TPSA) is 73.1 Å². The summed E-state index contributed by atoms with van der Waals surface area (Å²) < 4.78 is 27.4. The lowest BCUT2D eigenvalue weighted by atomic mass is 10.1. The average molecular weight is 326 g/mol. The normalized spacial score (nSPS) is 11.8. The number of aromatic nitrogens is 2. The van der Waals surface area contributed by atoms with Gasteiger partial charge in [0.05, 0.1) is 5.75 Å². The number of benzene rings is 1. The van der Waals surface area contributed by atoms with E-state index in [-0.39, 0.29) is 11.6 Å². The number of hydrogen-bond acceptors (Lipinski definition) is 6. The van der Waals surface area contributed by atoms with Gasteiger partial charge >= 0.3 is 0 Å². The van der Waals surface area contributed by atoms with Gasteiger partial charge in [0.15, 0.2) is 15.7 Å². The van der Waals surface area contributed by atoms with Crippen LogP contribution in [0.25, 0.3) is 0 Å². The Morgan fingerprint density at radius 2 is 2.00 bits per heavy atom. The van der Waals surface area contributed by atoms with Gasteiger partial charge in [-0.25, -0.2) is 8.42 Å². The third-order valence-corrected chi connectivity index (χ3v) is 4.64. The molecule has 0 aliphatic carbocycles. The third-order valence-electron chi connectivity index (χ3n) is 2.89. The molecule has 2 rings (SSSR count). The Morgan fingerprint density at radius 3 is 2.71 bits per heavy atom. The second kappa shape index (κ2) is 6.62. The summed E-state index contributed by atoms with van der Waals surface area (Å²) in [5.74, 6) is 1.93. The molecule has 0 atom stereocenters. The first-order chi connectivity index (χ1) is 9.83. The van der Waals surface area contributed by atoms with Crippen LogP contribution in [-0.4, -0.2) is 24.8 Å². The molecule has 7 heteroatoms. The van der Waals surface area contributed by atoms with Crippen molar-refractivity contribution in [3.8, 4) is 0 Å². The van der Waals surface area contributed by atoms with Gasteiger partial charge < -0.3 is 4.52 Å². The SMILES string of the molecule is Cc1ccc(C)c(CSCc2nc(CS(C)(=O)=O)no2)c1. The van der Waals surface area contributed by atoms with Crippen molar-refractivity contribution in [2.24, 2.45) is 0 Å². The van der Waals surface area contributed by atoms with E-state index in [0.717, 1.165) is 12.0 Å². The molecule has 0 amide bonds. The minimum absolute atomic E-state index is 0.182. The average Bonchev–Trinajstić information content (AvgIpc) is 2.79. The standard InChI is InChI=1S/C14H18N2O3S2/c1-10-4-5-11(2)12(6-10)7-20-8-14-15-13(16-19-14)9-21(3,17)18/h4-6H,7-9H2,1-3H3. The molecule has 0 N–H and O–H groups in total. The van der Waals surface area contributed by atoms with Crippen LogP contribution in [0.3, 0.4) is 0 Å². The molecule has 0 fully saturated rings. The van der Waals surface area contributed by atoms with Gasteiger partial charge in [0, 0.05) is 12.0 Å². The summed E-state index contributed by atoms with van der Waals surface area (Å²) in [4.78, 5) is 4.09. The van der Waals surface area contributed by atoms with E-state index in [4.69, 9.17) is 4.52 Å². The quantitative estimate of drug-likeness (QED) is 0.812. The van der Waals surface area contributed by atoms with Crippen molar-refractivity contribution in [3.63, 3.8) is 0 Å². The molecule has 0 unspecified atom stereocenters. The Kier molecular flexibility index (Phi) is 5.05. The molecular weight excluding hydrogens is 308 g/mol. The molecule has 5 nitrogen and oxygen atoms in total. The van der Waals surface area contributed by atoms with Gasteiger partial charge in [0.2, 0.25) is 5.89 Å². The van der Waals surface area contributed by atoms with Gasteiger partial charge in [-0.2, -0.15) is 4.98 Å². The maximum absolute atomic E-state index is 11.2. The van der Waals surface area contributed by atoms with Crippen molar-refractivity contribution in [2.45, 2.75) is 31.1 Å². The zero-order chi connectivity index (χ0) is 15.5. The van der Waals surface area contributed by atoms with Crippen LogP contribution in [0.4, 0.5) is 0 Å². The molecule has 1 heterocycles. The lowest BCUT2D eigenvalue weighted by Gasteiger charge is -2.05. The third kappa shape index (κ3) is 5.17. The number of aryl methyl sites for hydroxylation is 2. The summed E-state index contributed by atoms with van der Waals surface area (Å²) in [6.45, 7) is 4.16. The van der Waals surface area contributed by atoms with Crippen LogP contribution < -0.4 is 0 Å². The first-order valence-electron chi connectivity index (χ1n) is 6.46. The van der Waals surface area contributed by atoms with E-state index in [2.05, 4.69) is 42.2 Å². The predicted octanol–water partition coefficient (Wildman–Crippen LogP) is 2.66. The highest BCUT2D eigenvalue weighted by Crippen LogP contribution is 2.20. The lowest BCUT2D eigenvalue weighted by Crippen LogP contribution is -2.02. The van der Waals surface area contributed by atoms with E-state index in [1.54, 1.807) is 11.8 Å². The zero-order valence-electron chi connectivity index (χ0n) is 12.3. The molecule has 0 bridgehead atoms. The number of sulfone groups is 1. The minimum Gasteiger partial charge on any atom is -0.338 e. The molecule has 1 aromatic carbocycles. The van der Waals surface area contributed by atoms with Gasteiger partial charge in [0.1, 0.15) is 5.75 Å². The fourth-order valence-corrected chi connectivity index (χ4v) is 3.36. The molecule has 0 aliphatic heterocycles. The predicted molar refractivity (Wildman–Crippen MR) is 83.8 cm³/mol. The van der Waals surface area contributed by atoms with Gasteiger partial charge in [-0.15, -0.1) is 11.8 Å². The Balaban J connectivity index is 1.90. The van der Waals surface area contributed by atoms with Gasteiger partial charge in [-0.05, 0) is 25.0 Å². The first-order valence-corrected chi connectivity index (χ1v) is 9.68. The Hall–Kier alpha value is -1.34. The van der Waals surface area contributed by atoms with Crippen LogP contribution >= 0.6 is 11.8 Å². The summed E-state index contributed by atoms with van der Waals surface area (Å²) in [6, 6.07) is 6.38. The highest BCUT2D eigenvalue weighted by Gasteiger charge is 2.12. The molecule has 2 aromatic rings. The summed E-state index contributed by atoms with van der Waals surface area (Å²) in [5, 5.41) is 3.68. The molecule has 0 spiro atoms. The van der Waals surface area contributed by atoms with Gasteiger partial charge in [-0.3, -0.25) is 0 Å². The van der Waals surface area contributed by atoms with Crippen molar-refractivity contribution in [1.82, 2.24) is 10.1 Å². The molecule has 1 aromatic heterocycles. The number of thioether (sulfide) groups is 1. The highest BCUT2D eigenvalue weighted by atomic mass is 32.2. The van der Waals surface area contributed by atoms with Crippen LogP contribution in [0.1, 0.15) is 28.4 Å². The molecule has 21 heavy (non-hydrogen) atoms. The van der Waals surface area contributed by atoms with E-state index in [1.807, 2.05) is 0 Å². The summed E-state index contributed by atoms with van der Waals surface area (Å²) >= 11 is 1.67. The fourth-order valence-electron chi connectivity index (χ4n) is 1.85. The van der Waals surface area contributed by atoms with Crippen LogP contribution in [0.5, 0.6) is 0 Å². The van der Waals surface area contributed by atoms with E-state index < -0.39 is 9.84 Å². The Morgan fingerprint density at radius 1 is 1.24 bits per heavy atom. The largest absolute Gasteiger partial charge is 0.338 e. The first kappa shape index (κ1) is 16.0. The van der Waals surface area contributed by atoms with Crippen LogP contribution in [0, 0.1) is 13.8 Å². The molecule has 0 saturated carbocycles. The number of nitrogens with zero attached hydrogens (tertiary/aromatic N) is 2. The number of hydrogen-bond donors (Lipinski definition) is 0. The van der Waals surface area contributed by atoms with Crippen molar-refractivity contribution in [2.75, 3.05) is 6.26 Å². The van der Waals surface area contributed by atoms with E-state index in [0.29, 0.717) is 11.6 Å². The van der Waals surface area contributed by atoms with Crippen molar-refractivity contribution < 1.29 is 12.9 Å². The molecular formula is C14H18N2O3S2. The fraction of sp³-hybridized carbons (Fsp3) is 0.429. The smallest absolute Gasteiger partial charge is 0.236 e. The molecule has 114 valence electrons. The summed E-state index contributed by atoms with van der Waals surface area (Å²) in [7, 11) is -3.13. The lowest BCUT2D eigenvalue weighted by molar-refractivity contribution is 0.386. The van der Waals surface area contributed by atoms with Gasteiger partial charge in [-0.1, -0.05) is 28.9 Å². The Labute approximate surface area is 129 Å². The zero-order valence-corrected chi connectivity index (χ0v) is 13.9. The second-order valence-corrected chi connectivity index (χ2v) is 8.22. The monoisotopic (exact) mass is 326 g/mol. The number of rotatable bonds is 6. The summed E-state index contributed by atoms with van der Waals surface area (Å²) in [5.41, 5.74) is 3.79. The van der Waals surface area contributed by atoms with Gasteiger partial charge in [0.25, 0.3) is 0 Å². The van der Waals surface area contributed by atoms with Crippen molar-refractivity contribution in [3.05, 3.63) is 46.6 Å². The second-order valence-electron chi connectivity index (χ2n) is 5.10. The van der Waals surface area contributed by atoms with Crippen molar-refractivity contribution in [1.29, 1.82) is 0 Å². The summed E-state index contributed by atoms with van der Waals surface area (Å²) in [6.07, 6.45) is 1.15. The molecule has 0 aliphatic rings. The molecule has 0 saturated heterocycles. The van der Waals surface area contributed by atoms with Crippen LogP contribution in [0.15, 0.2) is 22.7 Å².